The van der Waals surface area contributed by atoms with Gasteiger partial charge in [0, 0.05) is 5.54 Å². The molecule has 0 spiro atoms. The molecule has 1 atom stereocenters. The molecule has 23 heavy (non-hydrogen) atoms. The van der Waals surface area contributed by atoms with Crippen molar-refractivity contribution in [2.45, 2.75) is 76.9 Å². The van der Waals surface area contributed by atoms with Crippen LogP contribution in [0, 0.1) is 0 Å². The second-order valence-corrected chi connectivity index (χ2v) is 9.20. The third kappa shape index (κ3) is 6.47. The van der Waals surface area contributed by atoms with E-state index in [2.05, 4.69) is 15.4 Å². The molecular formula is C15H29N3O4S. The number of rotatable bonds is 5. The van der Waals surface area contributed by atoms with E-state index < -0.39 is 33.1 Å². The fourth-order valence-electron chi connectivity index (χ4n) is 2.76. The molecule has 1 saturated carbocycles. The highest BCUT2D eigenvalue weighted by Gasteiger charge is 2.42. The maximum absolute atomic E-state index is 12.7. The zero-order valence-electron chi connectivity index (χ0n) is 14.7. The Balaban J connectivity index is 2.83. The van der Waals surface area contributed by atoms with Crippen molar-refractivity contribution in [3.63, 3.8) is 0 Å². The first-order chi connectivity index (χ1) is 10.3. The molecule has 8 heteroatoms. The highest BCUT2D eigenvalue weighted by atomic mass is 32.2. The average Bonchev–Trinajstić information content (AvgIpc) is 2.35. The van der Waals surface area contributed by atoms with Gasteiger partial charge in [0.1, 0.15) is 11.6 Å². The lowest BCUT2D eigenvalue weighted by molar-refractivity contribution is -0.133. The fraction of sp³-hybridized carbons (Fsp3) is 0.867. The number of hydrogen-bond donors (Lipinski definition) is 3. The van der Waals surface area contributed by atoms with Gasteiger partial charge in [-0.1, -0.05) is 19.3 Å². The molecule has 0 aromatic carbocycles. The fourth-order valence-corrected chi connectivity index (χ4v) is 3.77. The molecule has 1 aliphatic carbocycles. The van der Waals surface area contributed by atoms with Crippen LogP contribution in [0.15, 0.2) is 0 Å². The van der Waals surface area contributed by atoms with Gasteiger partial charge in [0.25, 0.3) is 0 Å². The lowest BCUT2D eigenvalue weighted by Gasteiger charge is -2.36. The average molecular weight is 347 g/mol. The first-order valence-electron chi connectivity index (χ1n) is 7.97. The first-order valence-corrected chi connectivity index (χ1v) is 9.86. The first kappa shape index (κ1) is 19.9. The normalized spacial score (nSPS) is 19.7. The van der Waals surface area contributed by atoms with Crippen LogP contribution in [-0.4, -0.2) is 43.6 Å². The number of sulfonamides is 1. The van der Waals surface area contributed by atoms with Gasteiger partial charge >= 0.3 is 0 Å². The van der Waals surface area contributed by atoms with Gasteiger partial charge in [0.2, 0.25) is 21.8 Å². The molecule has 0 heterocycles. The molecular weight excluding hydrogens is 318 g/mol. The summed E-state index contributed by atoms with van der Waals surface area (Å²) in [6.45, 7) is 7.16. The Morgan fingerprint density at radius 1 is 1.09 bits per heavy atom. The summed E-state index contributed by atoms with van der Waals surface area (Å²) in [4.78, 5) is 24.8. The van der Waals surface area contributed by atoms with Crippen LogP contribution >= 0.6 is 0 Å². The quantitative estimate of drug-likeness (QED) is 0.679. The van der Waals surface area contributed by atoms with Crippen LogP contribution in [0.2, 0.25) is 0 Å². The third-order valence-corrected chi connectivity index (χ3v) is 4.52. The minimum Gasteiger partial charge on any atom is -0.350 e. The van der Waals surface area contributed by atoms with E-state index in [4.69, 9.17) is 0 Å². The van der Waals surface area contributed by atoms with Gasteiger partial charge in [0.15, 0.2) is 0 Å². The van der Waals surface area contributed by atoms with Gasteiger partial charge in [0.05, 0.1) is 6.26 Å². The number of hydrogen-bond acceptors (Lipinski definition) is 4. The molecule has 134 valence electrons. The maximum atomic E-state index is 12.7. The van der Waals surface area contributed by atoms with Crippen LogP contribution in [0.5, 0.6) is 0 Å². The van der Waals surface area contributed by atoms with Gasteiger partial charge in [-0.2, -0.15) is 4.72 Å². The molecule has 0 aliphatic heterocycles. The second-order valence-electron chi connectivity index (χ2n) is 7.45. The van der Waals surface area contributed by atoms with Crippen molar-refractivity contribution in [2.75, 3.05) is 6.26 Å². The second kappa shape index (κ2) is 7.17. The molecule has 0 aromatic heterocycles. The minimum absolute atomic E-state index is 0.295. The van der Waals surface area contributed by atoms with Gasteiger partial charge in [-0.05, 0) is 40.5 Å². The van der Waals surface area contributed by atoms with E-state index in [0.717, 1.165) is 25.5 Å². The third-order valence-electron chi connectivity index (χ3n) is 3.76. The predicted molar refractivity (Wildman–Crippen MR) is 89.3 cm³/mol. The molecule has 0 radical (unpaired) electrons. The van der Waals surface area contributed by atoms with Gasteiger partial charge < -0.3 is 10.6 Å². The van der Waals surface area contributed by atoms with E-state index in [0.29, 0.717) is 12.8 Å². The van der Waals surface area contributed by atoms with Crippen molar-refractivity contribution in [3.8, 4) is 0 Å². The van der Waals surface area contributed by atoms with Gasteiger partial charge in [-0.3, -0.25) is 9.59 Å². The van der Waals surface area contributed by atoms with Crippen LogP contribution in [0.3, 0.4) is 0 Å². The smallest absolute Gasteiger partial charge is 0.242 e. The van der Waals surface area contributed by atoms with Crippen molar-refractivity contribution in [3.05, 3.63) is 0 Å². The van der Waals surface area contributed by atoms with E-state index in [1.165, 1.54) is 0 Å². The van der Waals surface area contributed by atoms with Crippen molar-refractivity contribution in [1.82, 2.24) is 15.4 Å². The minimum atomic E-state index is -3.52. The van der Waals surface area contributed by atoms with Gasteiger partial charge in [-0.15, -0.1) is 0 Å². The number of amides is 2. The summed E-state index contributed by atoms with van der Waals surface area (Å²) in [6.07, 6.45) is 4.46. The van der Waals surface area contributed by atoms with E-state index in [9.17, 15) is 18.0 Å². The Kier molecular flexibility index (Phi) is 6.20. The molecule has 2 amide bonds. The summed E-state index contributed by atoms with van der Waals surface area (Å²) < 4.78 is 25.8. The Morgan fingerprint density at radius 3 is 2.04 bits per heavy atom. The topological polar surface area (TPSA) is 104 Å². The van der Waals surface area contributed by atoms with E-state index in [1.54, 1.807) is 6.92 Å². The standard InChI is InChI=1S/C15H29N3O4S/c1-11(12(19)17-14(2,3)4)16-13(20)15(18-23(5,21)22)9-7-6-8-10-15/h11,18H,6-10H2,1-5H3,(H,16,20)(H,17,19)/t11-/m0/s1. The van der Waals surface area contributed by atoms with Crippen LogP contribution < -0.4 is 15.4 Å². The van der Waals surface area contributed by atoms with E-state index in [-0.39, 0.29) is 5.91 Å². The highest BCUT2D eigenvalue weighted by molar-refractivity contribution is 7.88. The zero-order chi connectivity index (χ0) is 17.9. The molecule has 1 fully saturated rings. The van der Waals surface area contributed by atoms with Crippen LogP contribution in [0.1, 0.15) is 59.8 Å². The van der Waals surface area contributed by atoms with Crippen molar-refractivity contribution in [1.29, 1.82) is 0 Å². The van der Waals surface area contributed by atoms with Crippen LogP contribution in [0.4, 0.5) is 0 Å². The molecule has 1 aliphatic rings. The zero-order valence-corrected chi connectivity index (χ0v) is 15.5. The van der Waals surface area contributed by atoms with Crippen LogP contribution in [-0.2, 0) is 19.6 Å². The van der Waals surface area contributed by atoms with Crippen LogP contribution in [0.25, 0.3) is 0 Å². The van der Waals surface area contributed by atoms with Crippen molar-refractivity contribution in [2.24, 2.45) is 0 Å². The van der Waals surface area contributed by atoms with Crippen molar-refractivity contribution < 1.29 is 18.0 Å². The molecule has 7 nitrogen and oxygen atoms in total. The summed E-state index contributed by atoms with van der Waals surface area (Å²) in [5, 5.41) is 5.45. The molecule has 1 rings (SSSR count). The SMILES string of the molecule is C[C@H](NC(=O)C1(NS(C)(=O)=O)CCCCC1)C(=O)NC(C)(C)C. The summed E-state index contributed by atoms with van der Waals surface area (Å²) in [6, 6.07) is -0.734. The van der Waals surface area contributed by atoms with E-state index >= 15 is 0 Å². The number of nitrogens with one attached hydrogen (secondary N) is 3. The molecule has 0 unspecified atom stereocenters. The predicted octanol–water partition coefficient (Wildman–Crippen LogP) is 0.658. The summed E-state index contributed by atoms with van der Waals surface area (Å²) >= 11 is 0. The lowest BCUT2D eigenvalue weighted by atomic mass is 9.81. The largest absolute Gasteiger partial charge is 0.350 e. The monoisotopic (exact) mass is 347 g/mol. The Labute approximate surface area is 139 Å². The molecule has 0 aromatic rings. The van der Waals surface area contributed by atoms with Gasteiger partial charge in [-0.25, -0.2) is 8.42 Å². The number of carbonyl (C=O) groups excluding carboxylic acids is 2. The van der Waals surface area contributed by atoms with E-state index in [1.807, 2.05) is 20.8 Å². The molecule has 3 N–H and O–H groups in total. The lowest BCUT2D eigenvalue weighted by Crippen LogP contribution is -2.62. The Morgan fingerprint density at radius 2 is 1.61 bits per heavy atom. The molecule has 0 saturated heterocycles. The highest BCUT2D eigenvalue weighted by Crippen LogP contribution is 2.29. The van der Waals surface area contributed by atoms with Crippen molar-refractivity contribution >= 4 is 21.8 Å². The maximum Gasteiger partial charge on any atom is 0.242 e. The molecule has 0 bridgehead atoms. The summed E-state index contributed by atoms with van der Waals surface area (Å²) in [5.74, 6) is -0.727. The summed E-state index contributed by atoms with van der Waals surface area (Å²) in [7, 11) is -3.52. The Hall–Kier alpha value is -1.15. The number of carbonyl (C=O) groups is 2. The summed E-state index contributed by atoms with van der Waals surface area (Å²) in [5.41, 5.74) is -1.55. The Bertz CT molecular complexity index is 546.